The van der Waals surface area contributed by atoms with Gasteiger partial charge in [-0.3, -0.25) is 19.2 Å². The van der Waals surface area contributed by atoms with E-state index in [2.05, 4.69) is 13.2 Å². The Balaban J connectivity index is 2.11. The van der Waals surface area contributed by atoms with E-state index in [0.29, 0.717) is 49.7 Å². The largest absolute Gasteiger partial charge is 0.300 e. The van der Waals surface area contributed by atoms with E-state index in [1.165, 1.54) is 0 Å². The highest BCUT2D eigenvalue weighted by Gasteiger charge is 2.61. The van der Waals surface area contributed by atoms with E-state index in [4.69, 9.17) is 0 Å². The molecule has 2 saturated carbocycles. The van der Waals surface area contributed by atoms with Gasteiger partial charge in [0.2, 0.25) is 0 Å². The molecule has 2 aliphatic rings. The molecule has 0 unspecified atom stereocenters. The number of allylic oxidation sites excluding steroid dienone is 2. The zero-order valence-corrected chi connectivity index (χ0v) is 14.3. The fraction of sp³-hybridized carbons (Fsp3) is 0.600. The van der Waals surface area contributed by atoms with Crippen molar-refractivity contribution in [3.8, 4) is 0 Å². The van der Waals surface area contributed by atoms with Crippen molar-refractivity contribution in [1.29, 1.82) is 0 Å². The van der Waals surface area contributed by atoms with Gasteiger partial charge in [-0.05, 0) is 60.5 Å². The lowest BCUT2D eigenvalue weighted by Crippen LogP contribution is -2.32. The van der Waals surface area contributed by atoms with Crippen LogP contribution in [0.15, 0.2) is 24.3 Å². The third-order valence-corrected chi connectivity index (χ3v) is 5.91. The van der Waals surface area contributed by atoms with Gasteiger partial charge in [-0.25, -0.2) is 0 Å². The van der Waals surface area contributed by atoms with Crippen molar-refractivity contribution in [1.82, 2.24) is 0 Å². The summed E-state index contributed by atoms with van der Waals surface area (Å²) in [6.45, 7) is 7.40. The van der Waals surface area contributed by atoms with Crippen molar-refractivity contribution in [3.63, 3.8) is 0 Å². The molecule has 0 aromatic heterocycles. The fourth-order valence-electron chi connectivity index (χ4n) is 4.82. The molecule has 0 heterocycles. The molecule has 0 N–H and O–H groups in total. The first-order valence-electron chi connectivity index (χ1n) is 8.66. The summed E-state index contributed by atoms with van der Waals surface area (Å²) in [5.41, 5.74) is 0.612. The first kappa shape index (κ1) is 18.5. The highest BCUT2D eigenvalue weighted by molar-refractivity contribution is 5.91. The number of carbonyl (C=O) groups excluding carboxylic acids is 4. The molecule has 0 aromatic carbocycles. The molecule has 0 spiro atoms. The monoisotopic (exact) mass is 330 g/mol. The van der Waals surface area contributed by atoms with E-state index in [1.807, 2.05) is 0 Å². The van der Waals surface area contributed by atoms with Crippen LogP contribution in [0.3, 0.4) is 0 Å². The summed E-state index contributed by atoms with van der Waals surface area (Å²) in [5.74, 6) is 0.483. The molecule has 0 bridgehead atoms. The summed E-state index contributed by atoms with van der Waals surface area (Å²) in [6.07, 6.45) is 7.80. The smallest absolute Gasteiger partial charge is 0.145 e. The van der Waals surface area contributed by atoms with E-state index < -0.39 is 0 Å². The molecule has 4 nitrogen and oxygen atoms in total. The molecule has 0 atom stereocenters. The fourth-order valence-corrected chi connectivity index (χ4v) is 4.82. The second-order valence-electron chi connectivity index (χ2n) is 7.60. The van der Waals surface area contributed by atoms with Gasteiger partial charge in [0.25, 0.3) is 0 Å². The Bertz CT molecular complexity index is 516. The molecule has 0 saturated heterocycles. The lowest BCUT2D eigenvalue weighted by molar-refractivity contribution is -0.120. The Morgan fingerprint density at radius 1 is 0.792 bits per heavy atom. The number of ketones is 2. The number of aldehydes is 2. The molecule has 2 fully saturated rings. The second kappa shape index (κ2) is 7.37. The summed E-state index contributed by atoms with van der Waals surface area (Å²) < 4.78 is 0. The van der Waals surface area contributed by atoms with Crippen LogP contribution in [0, 0.1) is 10.8 Å². The quantitative estimate of drug-likeness (QED) is 0.454. The van der Waals surface area contributed by atoms with Gasteiger partial charge in [0, 0.05) is 25.7 Å². The van der Waals surface area contributed by atoms with E-state index >= 15 is 0 Å². The van der Waals surface area contributed by atoms with Crippen molar-refractivity contribution in [2.24, 2.45) is 10.8 Å². The summed E-state index contributed by atoms with van der Waals surface area (Å²) >= 11 is 0. The van der Waals surface area contributed by atoms with Crippen molar-refractivity contribution < 1.29 is 19.2 Å². The zero-order valence-electron chi connectivity index (χ0n) is 14.3. The maximum absolute atomic E-state index is 12.2. The van der Waals surface area contributed by atoms with Crippen LogP contribution >= 0.6 is 0 Å². The van der Waals surface area contributed by atoms with Crippen molar-refractivity contribution in [2.45, 2.75) is 64.2 Å². The Morgan fingerprint density at radius 2 is 1.12 bits per heavy atom. The molecule has 0 aromatic rings. The van der Waals surface area contributed by atoms with E-state index in [1.54, 1.807) is 0 Å². The standard InChI is InChI=1S/C20H26O4/c1-15(13-21)5-3-7-19-9-17(23)11-20(19,12-18(24)10-19)8-4-6-16(2)14-22/h13-14H,1-12H2. The highest BCUT2D eigenvalue weighted by atomic mass is 16.1. The first-order chi connectivity index (χ1) is 11.4. The maximum Gasteiger partial charge on any atom is 0.145 e. The molecule has 0 amide bonds. The minimum Gasteiger partial charge on any atom is -0.300 e. The molecule has 24 heavy (non-hydrogen) atoms. The minimum absolute atomic E-state index is 0.242. The third kappa shape index (κ3) is 3.63. The molecular formula is C20H26O4. The van der Waals surface area contributed by atoms with Crippen LogP contribution in [0.1, 0.15) is 64.2 Å². The average Bonchev–Trinajstić information content (AvgIpc) is 2.92. The highest BCUT2D eigenvalue weighted by Crippen LogP contribution is 2.65. The molecule has 0 aliphatic heterocycles. The van der Waals surface area contributed by atoms with Crippen molar-refractivity contribution >= 4 is 24.1 Å². The van der Waals surface area contributed by atoms with Gasteiger partial charge in [0.1, 0.15) is 24.1 Å². The lowest BCUT2D eigenvalue weighted by atomic mass is 9.63. The Morgan fingerprint density at radius 3 is 1.42 bits per heavy atom. The number of fused-ring (bicyclic) bond motifs is 1. The van der Waals surface area contributed by atoms with E-state index in [9.17, 15) is 19.2 Å². The van der Waals surface area contributed by atoms with Gasteiger partial charge in [0.05, 0.1) is 0 Å². The Labute approximate surface area is 143 Å². The second-order valence-corrected chi connectivity index (χ2v) is 7.60. The van der Waals surface area contributed by atoms with Crippen LogP contribution in [0.2, 0.25) is 0 Å². The third-order valence-electron chi connectivity index (χ3n) is 5.91. The molecule has 130 valence electrons. The van der Waals surface area contributed by atoms with E-state index in [-0.39, 0.29) is 22.4 Å². The predicted octanol–water partition coefficient (Wildman–Crippen LogP) is 3.54. The van der Waals surface area contributed by atoms with Crippen molar-refractivity contribution in [2.75, 3.05) is 0 Å². The van der Waals surface area contributed by atoms with Gasteiger partial charge in [-0.15, -0.1) is 0 Å². The Hall–Kier alpha value is -1.84. The molecule has 2 aliphatic carbocycles. The first-order valence-corrected chi connectivity index (χ1v) is 8.66. The van der Waals surface area contributed by atoms with Crippen LogP contribution < -0.4 is 0 Å². The average molecular weight is 330 g/mol. The number of hydrogen-bond donors (Lipinski definition) is 0. The number of carbonyl (C=O) groups is 4. The molecule has 2 rings (SSSR count). The van der Waals surface area contributed by atoms with Crippen LogP contribution in [-0.4, -0.2) is 24.1 Å². The van der Waals surface area contributed by atoms with Gasteiger partial charge < -0.3 is 0 Å². The zero-order chi connectivity index (χ0) is 17.8. The van der Waals surface area contributed by atoms with Crippen LogP contribution in [0.4, 0.5) is 0 Å². The maximum atomic E-state index is 12.2. The van der Waals surface area contributed by atoms with E-state index in [0.717, 1.165) is 38.3 Å². The molecule has 4 heteroatoms. The number of rotatable bonds is 10. The van der Waals surface area contributed by atoms with Gasteiger partial charge in [0.15, 0.2) is 0 Å². The van der Waals surface area contributed by atoms with Gasteiger partial charge in [-0.2, -0.15) is 0 Å². The minimum atomic E-state index is -0.257. The van der Waals surface area contributed by atoms with Crippen LogP contribution in [-0.2, 0) is 19.2 Å². The van der Waals surface area contributed by atoms with Gasteiger partial charge >= 0.3 is 0 Å². The molecule has 0 radical (unpaired) electrons. The van der Waals surface area contributed by atoms with Crippen LogP contribution in [0.5, 0.6) is 0 Å². The normalized spacial score (nSPS) is 28.7. The topological polar surface area (TPSA) is 68.3 Å². The summed E-state index contributed by atoms with van der Waals surface area (Å²) in [4.78, 5) is 45.9. The van der Waals surface area contributed by atoms with Gasteiger partial charge in [-0.1, -0.05) is 13.2 Å². The number of hydrogen-bond acceptors (Lipinski definition) is 4. The Kier molecular flexibility index (Phi) is 5.68. The van der Waals surface area contributed by atoms with Crippen LogP contribution in [0.25, 0.3) is 0 Å². The SMILES string of the molecule is C=C(C=O)CCCC12CC(=O)CC1(CCCC(=C)C=O)CC(=O)C2. The number of Topliss-reactive ketones (excluding diaryl/α,β-unsaturated/α-hetero) is 2. The summed E-state index contributed by atoms with van der Waals surface area (Å²) in [5, 5.41) is 0. The molecular weight excluding hydrogens is 304 g/mol. The predicted molar refractivity (Wildman–Crippen MR) is 91.5 cm³/mol. The summed E-state index contributed by atoms with van der Waals surface area (Å²) in [6, 6.07) is 0. The van der Waals surface area contributed by atoms with Crippen molar-refractivity contribution in [3.05, 3.63) is 24.3 Å². The summed E-state index contributed by atoms with van der Waals surface area (Å²) in [7, 11) is 0. The lowest BCUT2D eigenvalue weighted by Gasteiger charge is -2.40.